The summed E-state index contributed by atoms with van der Waals surface area (Å²) in [7, 11) is 0. The van der Waals surface area contributed by atoms with E-state index in [0.717, 1.165) is 30.5 Å². The number of rotatable bonds is 9. The summed E-state index contributed by atoms with van der Waals surface area (Å²) >= 11 is 0. The fourth-order valence-electron chi connectivity index (χ4n) is 4.18. The fraction of sp³-hybridized carbons (Fsp3) is 0.407. The molecule has 1 aromatic heterocycles. The van der Waals surface area contributed by atoms with Gasteiger partial charge in [0.2, 0.25) is 0 Å². The highest BCUT2D eigenvalue weighted by atomic mass is 16.6. The van der Waals surface area contributed by atoms with Gasteiger partial charge in [-0.15, -0.1) is 5.10 Å². The van der Waals surface area contributed by atoms with E-state index in [1.165, 1.54) is 5.56 Å². The van der Waals surface area contributed by atoms with E-state index in [-0.39, 0.29) is 17.7 Å². The molecule has 0 bridgehead atoms. The summed E-state index contributed by atoms with van der Waals surface area (Å²) in [6, 6.07) is 17.2. The van der Waals surface area contributed by atoms with Crippen molar-refractivity contribution in [2.75, 3.05) is 0 Å². The van der Waals surface area contributed by atoms with Crippen molar-refractivity contribution in [2.24, 2.45) is 0 Å². The molecule has 8 nitrogen and oxygen atoms in total. The Morgan fingerprint density at radius 1 is 1.11 bits per heavy atom. The number of aromatic nitrogens is 3. The SMILES string of the molecule is CC(C)(C)OC(=O)N(Cc1cn(CCCc2ccc(C(=O)O)cc2)nn1)C1CC1c1ccccc1. The van der Waals surface area contributed by atoms with Crippen LogP contribution in [0.3, 0.4) is 0 Å². The molecule has 1 N–H and O–H groups in total. The van der Waals surface area contributed by atoms with Gasteiger partial charge < -0.3 is 9.84 Å². The molecular weight excluding hydrogens is 444 g/mol. The van der Waals surface area contributed by atoms with Gasteiger partial charge in [0.1, 0.15) is 11.3 Å². The highest BCUT2D eigenvalue weighted by molar-refractivity contribution is 5.87. The molecule has 3 aromatic rings. The summed E-state index contributed by atoms with van der Waals surface area (Å²) < 4.78 is 7.48. The molecular formula is C27H32N4O4. The largest absolute Gasteiger partial charge is 0.478 e. The maximum Gasteiger partial charge on any atom is 0.410 e. The minimum atomic E-state index is -0.923. The van der Waals surface area contributed by atoms with Crippen LogP contribution >= 0.6 is 0 Å². The third kappa shape index (κ3) is 6.68. The zero-order chi connectivity index (χ0) is 25.0. The number of ether oxygens (including phenoxy) is 1. The van der Waals surface area contributed by atoms with E-state index in [4.69, 9.17) is 9.84 Å². The molecule has 1 amide bonds. The lowest BCUT2D eigenvalue weighted by Gasteiger charge is -2.27. The number of carbonyl (C=O) groups is 2. The molecule has 1 fully saturated rings. The van der Waals surface area contributed by atoms with Crippen LogP contribution in [0.1, 0.15) is 66.7 Å². The van der Waals surface area contributed by atoms with Crippen LogP contribution < -0.4 is 0 Å². The van der Waals surface area contributed by atoms with Crippen molar-refractivity contribution in [3.05, 3.63) is 83.2 Å². The Morgan fingerprint density at radius 3 is 2.49 bits per heavy atom. The van der Waals surface area contributed by atoms with E-state index in [1.54, 1.807) is 21.7 Å². The van der Waals surface area contributed by atoms with E-state index >= 15 is 0 Å². The van der Waals surface area contributed by atoms with Crippen LogP contribution in [-0.4, -0.2) is 48.7 Å². The Kier molecular flexibility index (Phi) is 7.19. The molecule has 8 heteroatoms. The second-order valence-electron chi connectivity index (χ2n) is 10.0. The first-order valence-corrected chi connectivity index (χ1v) is 12.0. The molecule has 4 rings (SSSR count). The molecule has 2 atom stereocenters. The van der Waals surface area contributed by atoms with Gasteiger partial charge in [-0.25, -0.2) is 9.59 Å². The molecule has 1 aliphatic rings. The molecule has 1 saturated carbocycles. The third-order valence-corrected chi connectivity index (χ3v) is 5.98. The van der Waals surface area contributed by atoms with Crippen molar-refractivity contribution < 1.29 is 19.4 Å². The lowest BCUT2D eigenvalue weighted by Crippen LogP contribution is -2.38. The van der Waals surface area contributed by atoms with Crippen molar-refractivity contribution in [3.8, 4) is 0 Å². The molecule has 184 valence electrons. The van der Waals surface area contributed by atoms with Gasteiger partial charge in [0.25, 0.3) is 0 Å². The average molecular weight is 477 g/mol. The van der Waals surface area contributed by atoms with Gasteiger partial charge in [0.15, 0.2) is 0 Å². The standard InChI is InChI=1S/C27H32N4O4/c1-27(2,3)35-26(34)31(24-16-23(24)20-9-5-4-6-10-20)18-22-17-30(29-28-22)15-7-8-19-11-13-21(14-12-19)25(32)33/h4-6,9-14,17,23-24H,7-8,15-16,18H2,1-3H3,(H,32,33). The molecule has 0 aliphatic heterocycles. The van der Waals surface area contributed by atoms with Crippen molar-refractivity contribution in [3.63, 3.8) is 0 Å². The van der Waals surface area contributed by atoms with Crippen LogP contribution in [0.25, 0.3) is 0 Å². The fourth-order valence-corrected chi connectivity index (χ4v) is 4.18. The molecule has 2 unspecified atom stereocenters. The molecule has 0 radical (unpaired) electrons. The van der Waals surface area contributed by atoms with Gasteiger partial charge in [-0.05, 0) is 63.3 Å². The van der Waals surface area contributed by atoms with Crippen LogP contribution in [0.2, 0.25) is 0 Å². The second kappa shape index (κ2) is 10.3. The predicted octanol–water partition coefficient (Wildman–Crippen LogP) is 4.90. The van der Waals surface area contributed by atoms with Crippen molar-refractivity contribution in [1.29, 1.82) is 0 Å². The highest BCUT2D eigenvalue weighted by Gasteiger charge is 2.46. The van der Waals surface area contributed by atoms with Crippen LogP contribution in [0, 0.1) is 0 Å². The number of amides is 1. The Labute approximate surface area is 205 Å². The summed E-state index contributed by atoms with van der Waals surface area (Å²) in [6.45, 7) is 6.64. The van der Waals surface area contributed by atoms with E-state index in [2.05, 4.69) is 22.4 Å². The van der Waals surface area contributed by atoms with Gasteiger partial charge >= 0.3 is 12.1 Å². The normalized spacial score (nSPS) is 17.1. The Morgan fingerprint density at radius 2 is 1.83 bits per heavy atom. The van der Waals surface area contributed by atoms with Gasteiger partial charge in [0, 0.05) is 18.5 Å². The smallest absolute Gasteiger partial charge is 0.410 e. The molecule has 1 aliphatic carbocycles. The first kappa shape index (κ1) is 24.4. The van der Waals surface area contributed by atoms with E-state index < -0.39 is 11.6 Å². The zero-order valence-corrected chi connectivity index (χ0v) is 20.4. The lowest BCUT2D eigenvalue weighted by atomic mass is 10.1. The van der Waals surface area contributed by atoms with E-state index in [9.17, 15) is 9.59 Å². The maximum atomic E-state index is 13.0. The van der Waals surface area contributed by atoms with Gasteiger partial charge in [-0.1, -0.05) is 47.7 Å². The number of carbonyl (C=O) groups excluding carboxylic acids is 1. The predicted molar refractivity (Wildman–Crippen MR) is 131 cm³/mol. The van der Waals surface area contributed by atoms with Crippen LogP contribution in [-0.2, 0) is 24.2 Å². The summed E-state index contributed by atoms with van der Waals surface area (Å²) in [5.41, 5.74) is 2.74. The number of carboxylic acid groups (broad SMARTS) is 1. The van der Waals surface area contributed by atoms with Gasteiger partial charge in [0.05, 0.1) is 18.3 Å². The van der Waals surface area contributed by atoms with Crippen LogP contribution in [0.5, 0.6) is 0 Å². The van der Waals surface area contributed by atoms with Crippen LogP contribution in [0.4, 0.5) is 4.79 Å². The Hall–Kier alpha value is -3.68. The quantitative estimate of drug-likeness (QED) is 0.472. The summed E-state index contributed by atoms with van der Waals surface area (Å²) in [6.07, 6.45) is 4.09. The minimum Gasteiger partial charge on any atom is -0.478 e. The molecule has 0 saturated heterocycles. The molecule has 0 spiro atoms. The number of benzene rings is 2. The monoisotopic (exact) mass is 476 g/mol. The third-order valence-electron chi connectivity index (χ3n) is 5.98. The van der Waals surface area contributed by atoms with Gasteiger partial charge in [-0.2, -0.15) is 0 Å². The number of aromatic carboxylic acids is 1. The molecule has 35 heavy (non-hydrogen) atoms. The first-order valence-electron chi connectivity index (χ1n) is 12.0. The van der Waals surface area contributed by atoms with Crippen molar-refractivity contribution >= 4 is 12.1 Å². The lowest BCUT2D eigenvalue weighted by molar-refractivity contribution is 0.0210. The number of carboxylic acids is 1. The number of nitrogens with zero attached hydrogens (tertiary/aromatic N) is 4. The van der Waals surface area contributed by atoms with Gasteiger partial charge in [-0.3, -0.25) is 9.58 Å². The average Bonchev–Trinajstić information content (AvgIpc) is 3.48. The minimum absolute atomic E-state index is 0.0752. The summed E-state index contributed by atoms with van der Waals surface area (Å²) in [5, 5.41) is 17.6. The zero-order valence-electron chi connectivity index (χ0n) is 20.4. The number of hydrogen-bond acceptors (Lipinski definition) is 5. The highest BCUT2D eigenvalue weighted by Crippen LogP contribution is 2.45. The number of aryl methyl sites for hydroxylation is 2. The summed E-state index contributed by atoms with van der Waals surface area (Å²) in [4.78, 5) is 25.8. The second-order valence-corrected chi connectivity index (χ2v) is 10.0. The molecule has 2 aromatic carbocycles. The maximum absolute atomic E-state index is 13.0. The number of hydrogen-bond donors (Lipinski definition) is 1. The van der Waals surface area contributed by atoms with Crippen molar-refractivity contribution in [2.45, 2.75) is 70.7 Å². The van der Waals surface area contributed by atoms with Crippen molar-refractivity contribution in [1.82, 2.24) is 19.9 Å². The molecule has 1 heterocycles. The van der Waals surface area contributed by atoms with E-state index in [0.29, 0.717) is 19.0 Å². The first-order chi connectivity index (χ1) is 16.7. The van der Waals surface area contributed by atoms with Crippen LogP contribution in [0.15, 0.2) is 60.8 Å². The summed E-state index contributed by atoms with van der Waals surface area (Å²) in [5.74, 6) is -0.625. The Balaban J connectivity index is 1.36. The Bertz CT molecular complexity index is 1150. The topological polar surface area (TPSA) is 97.5 Å². The van der Waals surface area contributed by atoms with E-state index in [1.807, 2.05) is 57.3 Å².